The molecule has 1 aromatic rings. The van der Waals surface area contributed by atoms with Gasteiger partial charge in [-0.3, -0.25) is 0 Å². The van der Waals surface area contributed by atoms with Gasteiger partial charge >= 0.3 is 8.80 Å². The van der Waals surface area contributed by atoms with Gasteiger partial charge in [-0.25, -0.2) is 8.78 Å². The van der Waals surface area contributed by atoms with Crippen LogP contribution >= 0.6 is 0 Å². The van der Waals surface area contributed by atoms with Gasteiger partial charge in [-0.1, -0.05) is 0 Å². The highest BCUT2D eigenvalue weighted by Gasteiger charge is 2.39. The lowest BCUT2D eigenvalue weighted by molar-refractivity contribution is 0.0714. The molecule has 0 bridgehead atoms. The quantitative estimate of drug-likeness (QED) is 0.653. The largest absolute Gasteiger partial charge is 0.501 e. The van der Waals surface area contributed by atoms with Crippen LogP contribution in [-0.2, 0) is 19.7 Å². The van der Waals surface area contributed by atoms with E-state index in [0.29, 0.717) is 37.8 Å². The maximum atomic E-state index is 13.2. The van der Waals surface area contributed by atoms with Gasteiger partial charge in [-0.05, 0) is 44.9 Å². The number of hydrogen-bond donors (Lipinski definition) is 0. The summed E-state index contributed by atoms with van der Waals surface area (Å²) >= 11 is 0. The van der Waals surface area contributed by atoms with Crippen molar-refractivity contribution < 1.29 is 22.1 Å². The molecule has 0 amide bonds. The van der Waals surface area contributed by atoms with E-state index in [-0.39, 0.29) is 0 Å². The molecular formula is C14H22F2O3Si. The van der Waals surface area contributed by atoms with Gasteiger partial charge in [0.05, 0.1) is 0 Å². The summed E-state index contributed by atoms with van der Waals surface area (Å²) in [6, 6.07) is 4.02. The normalized spacial score (nSPS) is 11.8. The molecule has 0 atom stereocenters. The molecule has 0 fully saturated rings. The highest BCUT2D eigenvalue weighted by Crippen LogP contribution is 2.20. The Morgan fingerprint density at radius 2 is 1.30 bits per heavy atom. The van der Waals surface area contributed by atoms with E-state index in [9.17, 15) is 8.78 Å². The van der Waals surface area contributed by atoms with Crippen molar-refractivity contribution in [1.29, 1.82) is 0 Å². The van der Waals surface area contributed by atoms with E-state index in [2.05, 4.69) is 0 Å². The van der Waals surface area contributed by atoms with Gasteiger partial charge in [0.15, 0.2) is 0 Å². The highest BCUT2D eigenvalue weighted by atomic mass is 28.4. The van der Waals surface area contributed by atoms with Gasteiger partial charge in [-0.2, -0.15) is 0 Å². The highest BCUT2D eigenvalue weighted by molar-refractivity contribution is 6.60. The van der Waals surface area contributed by atoms with Gasteiger partial charge in [0.2, 0.25) is 0 Å². The lowest BCUT2D eigenvalue weighted by Gasteiger charge is -2.28. The number of hydrogen-bond acceptors (Lipinski definition) is 3. The maximum absolute atomic E-state index is 13.2. The van der Waals surface area contributed by atoms with Crippen LogP contribution in [0.4, 0.5) is 8.78 Å². The second-order valence-electron chi connectivity index (χ2n) is 4.26. The van der Waals surface area contributed by atoms with Crippen molar-refractivity contribution in [3.63, 3.8) is 0 Å². The van der Waals surface area contributed by atoms with Crippen LogP contribution < -0.4 is 0 Å². The van der Waals surface area contributed by atoms with E-state index in [1.165, 1.54) is 12.1 Å². The Balaban J connectivity index is 2.78. The number of benzene rings is 1. The fourth-order valence-corrected chi connectivity index (χ4v) is 4.65. The minimum Gasteiger partial charge on any atom is -0.374 e. The SMILES string of the molecule is CCO[Si](CCc1cc(F)cc(F)c1)(OCC)OCC. The van der Waals surface area contributed by atoms with Crippen LogP contribution in [0.25, 0.3) is 0 Å². The minimum absolute atomic E-state index is 0.459. The second kappa shape index (κ2) is 8.46. The summed E-state index contributed by atoms with van der Waals surface area (Å²) in [4.78, 5) is 0. The molecule has 1 aromatic carbocycles. The number of aryl methyl sites for hydroxylation is 1. The third kappa shape index (κ3) is 5.28. The summed E-state index contributed by atoms with van der Waals surface area (Å²) in [5.74, 6) is -1.15. The molecular weight excluding hydrogens is 282 g/mol. The smallest absolute Gasteiger partial charge is 0.374 e. The summed E-state index contributed by atoms with van der Waals surface area (Å²) in [5, 5.41) is 0. The topological polar surface area (TPSA) is 27.7 Å². The van der Waals surface area contributed by atoms with Crippen molar-refractivity contribution in [2.24, 2.45) is 0 Å². The van der Waals surface area contributed by atoms with Crippen molar-refractivity contribution in [2.45, 2.75) is 33.2 Å². The molecule has 0 aliphatic carbocycles. The average molecular weight is 304 g/mol. The van der Waals surface area contributed by atoms with Crippen molar-refractivity contribution in [3.8, 4) is 0 Å². The summed E-state index contributed by atoms with van der Waals surface area (Å²) in [6.45, 7) is 7.10. The second-order valence-corrected chi connectivity index (χ2v) is 6.99. The molecule has 1 rings (SSSR count). The first kappa shape index (κ1) is 17.2. The van der Waals surface area contributed by atoms with Crippen LogP contribution in [0.5, 0.6) is 0 Å². The molecule has 0 saturated carbocycles. The van der Waals surface area contributed by atoms with E-state index in [1.54, 1.807) is 0 Å². The molecule has 0 aromatic heterocycles. The van der Waals surface area contributed by atoms with Gasteiger partial charge in [0.25, 0.3) is 0 Å². The summed E-state index contributed by atoms with van der Waals surface area (Å²) < 4.78 is 43.4. The molecule has 0 heterocycles. The molecule has 0 aliphatic rings. The summed E-state index contributed by atoms with van der Waals surface area (Å²) in [5.41, 5.74) is 0.582. The van der Waals surface area contributed by atoms with Crippen molar-refractivity contribution >= 4 is 8.80 Å². The van der Waals surface area contributed by atoms with Gasteiger partial charge in [0.1, 0.15) is 11.6 Å². The average Bonchev–Trinajstić information content (AvgIpc) is 2.36. The third-order valence-corrected chi connectivity index (χ3v) is 5.78. The first-order valence-corrected chi connectivity index (χ1v) is 8.85. The van der Waals surface area contributed by atoms with Crippen LogP contribution in [-0.4, -0.2) is 28.6 Å². The lowest BCUT2D eigenvalue weighted by atomic mass is 10.2. The van der Waals surface area contributed by atoms with E-state index in [0.717, 1.165) is 6.07 Å². The first-order valence-electron chi connectivity index (χ1n) is 6.92. The monoisotopic (exact) mass is 304 g/mol. The zero-order valence-corrected chi connectivity index (χ0v) is 13.2. The molecule has 20 heavy (non-hydrogen) atoms. The number of halogens is 2. The zero-order valence-electron chi connectivity index (χ0n) is 12.2. The standard InChI is InChI=1S/C14H22F2O3Si/c1-4-17-20(18-5-2,19-6-3)8-7-12-9-13(15)11-14(16)10-12/h9-11H,4-8H2,1-3H3. The summed E-state index contributed by atoms with van der Waals surface area (Å²) in [7, 11) is -2.76. The summed E-state index contributed by atoms with van der Waals surface area (Å²) in [6.07, 6.45) is 0.459. The van der Waals surface area contributed by atoms with Crippen LogP contribution in [0.15, 0.2) is 18.2 Å². The van der Waals surface area contributed by atoms with E-state index in [1.807, 2.05) is 20.8 Å². The lowest BCUT2D eigenvalue weighted by Crippen LogP contribution is -2.46. The van der Waals surface area contributed by atoms with Gasteiger partial charge in [0, 0.05) is 31.9 Å². The van der Waals surface area contributed by atoms with Crippen LogP contribution in [0.1, 0.15) is 26.3 Å². The molecule has 0 saturated heterocycles. The predicted octanol–water partition coefficient (Wildman–Crippen LogP) is 3.56. The van der Waals surface area contributed by atoms with Crippen LogP contribution in [0.3, 0.4) is 0 Å². The maximum Gasteiger partial charge on any atom is 0.501 e. The Kier molecular flexibility index (Phi) is 7.29. The van der Waals surface area contributed by atoms with E-state index >= 15 is 0 Å². The Morgan fingerprint density at radius 3 is 1.70 bits per heavy atom. The molecule has 0 N–H and O–H groups in total. The Morgan fingerprint density at radius 1 is 0.850 bits per heavy atom. The fraction of sp³-hybridized carbons (Fsp3) is 0.571. The van der Waals surface area contributed by atoms with E-state index in [4.69, 9.17) is 13.3 Å². The van der Waals surface area contributed by atoms with E-state index < -0.39 is 20.4 Å². The molecule has 3 nitrogen and oxygen atoms in total. The molecule has 0 aliphatic heterocycles. The molecule has 114 valence electrons. The van der Waals surface area contributed by atoms with Crippen molar-refractivity contribution in [2.75, 3.05) is 19.8 Å². The zero-order chi connectivity index (χ0) is 15.0. The molecule has 0 spiro atoms. The molecule has 0 unspecified atom stereocenters. The minimum atomic E-state index is -2.76. The fourth-order valence-electron chi connectivity index (χ4n) is 2.05. The molecule has 6 heteroatoms. The van der Waals surface area contributed by atoms with Crippen LogP contribution in [0, 0.1) is 11.6 Å². The van der Waals surface area contributed by atoms with Gasteiger partial charge < -0.3 is 13.3 Å². The van der Waals surface area contributed by atoms with Crippen LogP contribution in [0.2, 0.25) is 6.04 Å². The molecule has 0 radical (unpaired) electrons. The Hall–Kier alpha value is -0.823. The Bertz CT molecular complexity index is 378. The van der Waals surface area contributed by atoms with Gasteiger partial charge in [-0.15, -0.1) is 0 Å². The van der Waals surface area contributed by atoms with Crippen molar-refractivity contribution in [1.82, 2.24) is 0 Å². The Labute approximate surface area is 120 Å². The first-order chi connectivity index (χ1) is 9.55. The third-order valence-electron chi connectivity index (χ3n) is 2.73. The predicted molar refractivity (Wildman–Crippen MR) is 75.5 cm³/mol. The number of rotatable bonds is 9. The van der Waals surface area contributed by atoms with Crippen molar-refractivity contribution in [3.05, 3.63) is 35.4 Å².